The molecule has 0 heterocycles. The van der Waals surface area contributed by atoms with Gasteiger partial charge in [0, 0.05) is 11.1 Å². The van der Waals surface area contributed by atoms with Crippen molar-refractivity contribution in [3.63, 3.8) is 0 Å². The molecule has 3 nitrogen and oxygen atoms in total. The Morgan fingerprint density at radius 3 is 2.19 bits per heavy atom. The molecule has 2 atom stereocenters. The highest BCUT2D eigenvalue weighted by molar-refractivity contribution is 7.83. The quantitative estimate of drug-likeness (QED) is 0.911. The molecule has 21 heavy (non-hydrogen) atoms. The minimum absolute atomic E-state index is 0.268. The SMILES string of the molecule is CC(C)(C)NS(=O)c1ccccc1C(O)c1ccccc1. The average Bonchev–Trinajstić information content (AvgIpc) is 2.45. The van der Waals surface area contributed by atoms with Crippen molar-refractivity contribution in [3.8, 4) is 0 Å². The van der Waals surface area contributed by atoms with Crippen LogP contribution in [0, 0.1) is 0 Å². The predicted molar refractivity (Wildman–Crippen MR) is 86.2 cm³/mol. The molecule has 0 radical (unpaired) electrons. The van der Waals surface area contributed by atoms with E-state index < -0.39 is 17.1 Å². The summed E-state index contributed by atoms with van der Waals surface area (Å²) in [5.41, 5.74) is 1.19. The first-order valence-electron chi connectivity index (χ1n) is 6.90. The van der Waals surface area contributed by atoms with E-state index in [0.29, 0.717) is 10.5 Å². The van der Waals surface area contributed by atoms with E-state index in [1.165, 1.54) is 0 Å². The van der Waals surface area contributed by atoms with Crippen LogP contribution >= 0.6 is 0 Å². The average molecular weight is 303 g/mol. The maximum absolute atomic E-state index is 12.5. The van der Waals surface area contributed by atoms with E-state index in [9.17, 15) is 9.32 Å². The largest absolute Gasteiger partial charge is 0.384 e. The molecule has 0 amide bonds. The van der Waals surface area contributed by atoms with Gasteiger partial charge in [-0.3, -0.25) is 0 Å². The summed E-state index contributed by atoms with van der Waals surface area (Å²) in [6.45, 7) is 5.88. The molecule has 2 N–H and O–H groups in total. The summed E-state index contributed by atoms with van der Waals surface area (Å²) in [6, 6.07) is 16.7. The van der Waals surface area contributed by atoms with Gasteiger partial charge in [-0.15, -0.1) is 0 Å². The molecule has 2 aromatic rings. The van der Waals surface area contributed by atoms with E-state index in [4.69, 9.17) is 0 Å². The van der Waals surface area contributed by atoms with Crippen LogP contribution in [0.5, 0.6) is 0 Å². The smallest absolute Gasteiger partial charge is 0.125 e. The van der Waals surface area contributed by atoms with Gasteiger partial charge in [0.25, 0.3) is 0 Å². The Kier molecular flexibility index (Phi) is 4.93. The zero-order valence-electron chi connectivity index (χ0n) is 12.5. The predicted octanol–water partition coefficient (Wildman–Crippen LogP) is 3.18. The van der Waals surface area contributed by atoms with Crippen LogP contribution in [0.25, 0.3) is 0 Å². The highest BCUT2D eigenvalue weighted by atomic mass is 32.2. The van der Waals surface area contributed by atoms with E-state index in [-0.39, 0.29) is 5.54 Å². The Bertz CT molecular complexity index is 620. The van der Waals surface area contributed by atoms with Crippen molar-refractivity contribution in [2.45, 2.75) is 37.3 Å². The molecular weight excluding hydrogens is 282 g/mol. The van der Waals surface area contributed by atoms with Crippen LogP contribution in [0.3, 0.4) is 0 Å². The van der Waals surface area contributed by atoms with Crippen molar-refractivity contribution in [2.24, 2.45) is 0 Å². The number of hydrogen-bond acceptors (Lipinski definition) is 2. The number of hydrogen-bond donors (Lipinski definition) is 2. The number of nitrogens with one attached hydrogen (secondary N) is 1. The van der Waals surface area contributed by atoms with Crippen LogP contribution in [0.4, 0.5) is 0 Å². The van der Waals surface area contributed by atoms with Crippen molar-refractivity contribution in [1.82, 2.24) is 4.72 Å². The van der Waals surface area contributed by atoms with Crippen LogP contribution in [-0.4, -0.2) is 14.9 Å². The normalized spacial score (nSPS) is 14.7. The lowest BCUT2D eigenvalue weighted by molar-refractivity contribution is 0.217. The van der Waals surface area contributed by atoms with E-state index in [1.54, 1.807) is 6.07 Å². The fourth-order valence-corrected chi connectivity index (χ4v) is 3.29. The molecule has 0 saturated carbocycles. The van der Waals surface area contributed by atoms with Gasteiger partial charge in [-0.25, -0.2) is 8.93 Å². The minimum atomic E-state index is -1.37. The molecule has 2 aromatic carbocycles. The third-order valence-corrected chi connectivity index (χ3v) is 4.50. The summed E-state index contributed by atoms with van der Waals surface area (Å²) in [7, 11) is -1.37. The molecule has 4 heteroatoms. The van der Waals surface area contributed by atoms with Crippen LogP contribution in [0.1, 0.15) is 38.0 Å². The van der Waals surface area contributed by atoms with E-state index in [0.717, 1.165) is 5.56 Å². The van der Waals surface area contributed by atoms with Crippen LogP contribution < -0.4 is 4.72 Å². The standard InChI is InChI=1S/C17H21NO2S/c1-17(2,3)18-21(20)15-12-8-7-11-14(15)16(19)13-9-5-4-6-10-13/h4-12,16,18-19H,1-3H3. The zero-order chi connectivity index (χ0) is 15.5. The van der Waals surface area contributed by atoms with Crippen molar-refractivity contribution >= 4 is 11.0 Å². The first-order chi connectivity index (χ1) is 9.88. The number of aliphatic hydroxyl groups excluding tert-OH is 1. The van der Waals surface area contributed by atoms with E-state index in [2.05, 4.69) is 4.72 Å². The lowest BCUT2D eigenvalue weighted by Crippen LogP contribution is -2.37. The molecule has 0 bridgehead atoms. The molecule has 0 spiro atoms. The molecule has 0 aliphatic carbocycles. The van der Waals surface area contributed by atoms with Gasteiger partial charge in [0.15, 0.2) is 0 Å². The van der Waals surface area contributed by atoms with Crippen LogP contribution in [0.2, 0.25) is 0 Å². The Morgan fingerprint density at radius 2 is 1.57 bits per heavy atom. The first kappa shape index (κ1) is 15.9. The summed E-state index contributed by atoms with van der Waals surface area (Å²) in [4.78, 5) is 0.615. The molecular formula is C17H21NO2S. The lowest BCUT2D eigenvalue weighted by Gasteiger charge is -2.22. The molecule has 0 fully saturated rings. The Balaban J connectivity index is 2.35. The summed E-state index contributed by atoms with van der Waals surface area (Å²) < 4.78 is 15.5. The summed E-state index contributed by atoms with van der Waals surface area (Å²) >= 11 is 0. The van der Waals surface area contributed by atoms with Crippen LogP contribution in [0.15, 0.2) is 59.5 Å². The van der Waals surface area contributed by atoms with Crippen LogP contribution in [-0.2, 0) is 11.0 Å². The second kappa shape index (κ2) is 6.52. The monoisotopic (exact) mass is 303 g/mol. The molecule has 112 valence electrons. The van der Waals surface area contributed by atoms with Gasteiger partial charge in [0.2, 0.25) is 0 Å². The Hall–Kier alpha value is -1.49. The Labute approximate surface area is 128 Å². The van der Waals surface area contributed by atoms with E-state index in [1.807, 2.05) is 69.3 Å². The molecule has 0 saturated heterocycles. The van der Waals surface area contributed by atoms with E-state index >= 15 is 0 Å². The molecule has 2 rings (SSSR count). The third kappa shape index (κ3) is 4.24. The minimum Gasteiger partial charge on any atom is -0.384 e. The number of rotatable bonds is 4. The summed E-state index contributed by atoms with van der Waals surface area (Å²) in [6.07, 6.45) is -0.784. The zero-order valence-corrected chi connectivity index (χ0v) is 13.4. The van der Waals surface area contributed by atoms with Crippen molar-refractivity contribution < 1.29 is 9.32 Å². The molecule has 0 aliphatic rings. The van der Waals surface area contributed by atoms with Gasteiger partial charge >= 0.3 is 0 Å². The summed E-state index contributed by atoms with van der Waals surface area (Å²) in [5.74, 6) is 0. The Morgan fingerprint density at radius 1 is 1.00 bits per heavy atom. The molecule has 0 aromatic heterocycles. The third-order valence-electron chi connectivity index (χ3n) is 2.93. The lowest BCUT2D eigenvalue weighted by atomic mass is 10.0. The van der Waals surface area contributed by atoms with Crippen molar-refractivity contribution in [1.29, 1.82) is 0 Å². The summed E-state index contributed by atoms with van der Waals surface area (Å²) in [5, 5.41) is 10.6. The van der Waals surface area contributed by atoms with Gasteiger partial charge in [0.1, 0.15) is 17.1 Å². The molecule has 2 unspecified atom stereocenters. The van der Waals surface area contributed by atoms with Gasteiger partial charge in [0.05, 0.1) is 4.90 Å². The topological polar surface area (TPSA) is 49.3 Å². The first-order valence-corrected chi connectivity index (χ1v) is 8.05. The fraction of sp³-hybridized carbons (Fsp3) is 0.294. The fourth-order valence-electron chi connectivity index (χ4n) is 2.02. The van der Waals surface area contributed by atoms with Gasteiger partial charge in [-0.2, -0.15) is 0 Å². The van der Waals surface area contributed by atoms with Crippen molar-refractivity contribution in [2.75, 3.05) is 0 Å². The number of aliphatic hydroxyl groups is 1. The van der Waals surface area contributed by atoms with Gasteiger partial charge in [-0.05, 0) is 32.4 Å². The highest BCUT2D eigenvalue weighted by Crippen LogP contribution is 2.26. The maximum Gasteiger partial charge on any atom is 0.125 e. The number of benzene rings is 2. The van der Waals surface area contributed by atoms with Crippen molar-refractivity contribution in [3.05, 3.63) is 65.7 Å². The maximum atomic E-state index is 12.5. The second-order valence-electron chi connectivity index (χ2n) is 5.97. The highest BCUT2D eigenvalue weighted by Gasteiger charge is 2.20. The second-order valence-corrected chi connectivity index (χ2v) is 7.15. The molecule has 0 aliphatic heterocycles. The van der Waals surface area contributed by atoms with Gasteiger partial charge in [-0.1, -0.05) is 48.5 Å². The van der Waals surface area contributed by atoms with Gasteiger partial charge < -0.3 is 5.11 Å².